The van der Waals surface area contributed by atoms with Crippen molar-refractivity contribution in [1.82, 2.24) is 15.1 Å². The number of carbonyl (C=O) groups is 1. The normalized spacial score (nSPS) is 19.3. The Morgan fingerprint density at radius 1 is 1.39 bits per heavy atom. The van der Waals surface area contributed by atoms with Gasteiger partial charge in [0.25, 0.3) is 0 Å². The summed E-state index contributed by atoms with van der Waals surface area (Å²) >= 11 is 2.63. The van der Waals surface area contributed by atoms with Crippen LogP contribution >= 0.6 is 23.1 Å². The number of rotatable bonds is 7. The molecule has 3 rings (SSSR count). The molecule has 28 heavy (non-hydrogen) atoms. The van der Waals surface area contributed by atoms with E-state index in [9.17, 15) is 17.6 Å². The van der Waals surface area contributed by atoms with Gasteiger partial charge in [0.05, 0.1) is 16.8 Å². The summed E-state index contributed by atoms with van der Waals surface area (Å²) in [4.78, 5) is 14.1. The van der Waals surface area contributed by atoms with Crippen LogP contribution in [0.1, 0.15) is 18.9 Å². The fourth-order valence-corrected chi connectivity index (χ4v) is 6.63. The molecule has 1 aromatic heterocycles. The van der Waals surface area contributed by atoms with Crippen LogP contribution in [0.4, 0.5) is 9.52 Å². The second-order valence-corrected chi connectivity index (χ2v) is 11.4. The summed E-state index contributed by atoms with van der Waals surface area (Å²) in [7, 11) is -1.38. The summed E-state index contributed by atoms with van der Waals surface area (Å²) < 4.78 is 36.8. The van der Waals surface area contributed by atoms with Crippen LogP contribution in [0, 0.1) is 5.82 Å². The number of aromatic nitrogens is 2. The third-order valence-electron chi connectivity index (χ3n) is 4.49. The van der Waals surface area contributed by atoms with Gasteiger partial charge >= 0.3 is 0 Å². The van der Waals surface area contributed by atoms with E-state index in [2.05, 4.69) is 15.5 Å². The Bertz CT molecular complexity index is 933. The molecule has 152 valence electrons. The smallest absolute Gasteiger partial charge is 0.235 e. The number of sulfone groups is 1. The zero-order valence-corrected chi connectivity index (χ0v) is 17.9. The second-order valence-electron chi connectivity index (χ2n) is 6.62. The second kappa shape index (κ2) is 8.75. The molecular weight excluding hydrogens is 423 g/mol. The van der Waals surface area contributed by atoms with Crippen LogP contribution in [0.15, 0.2) is 28.6 Å². The zero-order chi connectivity index (χ0) is 20.3. The van der Waals surface area contributed by atoms with E-state index >= 15 is 0 Å². The van der Waals surface area contributed by atoms with Crippen molar-refractivity contribution in [1.29, 1.82) is 0 Å². The van der Waals surface area contributed by atoms with Gasteiger partial charge in [0.15, 0.2) is 14.2 Å². The molecule has 7 nitrogen and oxygen atoms in total. The van der Waals surface area contributed by atoms with Gasteiger partial charge in [0.1, 0.15) is 5.82 Å². The van der Waals surface area contributed by atoms with Crippen LogP contribution in [-0.2, 0) is 21.2 Å². The molecule has 0 radical (unpaired) electrons. The van der Waals surface area contributed by atoms with E-state index in [1.807, 2.05) is 0 Å². The first kappa shape index (κ1) is 21.0. The maximum Gasteiger partial charge on any atom is 0.235 e. The van der Waals surface area contributed by atoms with Gasteiger partial charge in [0, 0.05) is 19.6 Å². The van der Waals surface area contributed by atoms with Gasteiger partial charge in [-0.2, -0.15) is 0 Å². The van der Waals surface area contributed by atoms with Gasteiger partial charge in [-0.3, -0.25) is 4.79 Å². The first-order valence-electron chi connectivity index (χ1n) is 8.69. The summed E-state index contributed by atoms with van der Waals surface area (Å²) in [5.74, 6) is -0.237. The molecule has 2 aromatic rings. The van der Waals surface area contributed by atoms with Crippen molar-refractivity contribution in [3.05, 3.63) is 35.6 Å². The maximum absolute atomic E-state index is 12.9. The largest absolute Gasteiger partial charge is 0.356 e. The van der Waals surface area contributed by atoms with E-state index in [1.54, 1.807) is 26.1 Å². The first-order chi connectivity index (χ1) is 13.2. The monoisotopic (exact) mass is 444 g/mol. The van der Waals surface area contributed by atoms with E-state index in [4.69, 9.17) is 0 Å². The van der Waals surface area contributed by atoms with Gasteiger partial charge in [-0.05, 0) is 31.0 Å². The number of nitrogens with zero attached hydrogens (tertiary/aromatic N) is 3. The van der Waals surface area contributed by atoms with Gasteiger partial charge in [0.2, 0.25) is 11.0 Å². The highest BCUT2D eigenvalue weighted by Gasteiger charge is 2.34. The van der Waals surface area contributed by atoms with E-state index in [0.717, 1.165) is 5.56 Å². The number of thioether (sulfide) groups is 1. The molecule has 0 unspecified atom stereocenters. The number of anilines is 1. The predicted molar refractivity (Wildman–Crippen MR) is 109 cm³/mol. The van der Waals surface area contributed by atoms with Crippen LogP contribution < -0.4 is 5.32 Å². The zero-order valence-electron chi connectivity index (χ0n) is 15.5. The van der Waals surface area contributed by atoms with E-state index in [-0.39, 0.29) is 29.3 Å². The highest BCUT2D eigenvalue weighted by atomic mass is 32.2. The average molecular weight is 445 g/mol. The number of hydrogen-bond donors (Lipinski definition) is 1. The molecule has 1 fully saturated rings. The standard InChI is InChI=1S/C17H21FN4O3S3/c1-11(15(23)22(2)14-7-8-28(24,25)10-14)26-17-21-20-16(27-17)19-9-12-3-5-13(18)6-4-12/h3-6,11,14H,7-10H2,1-2H3,(H,19,20)/t11-,14+/m0/s1. The third kappa shape index (κ3) is 5.42. The predicted octanol–water partition coefficient (Wildman–Crippen LogP) is 2.42. The summed E-state index contributed by atoms with van der Waals surface area (Å²) in [6.07, 6.45) is 0.484. The van der Waals surface area contributed by atoms with E-state index in [0.29, 0.717) is 22.4 Å². The maximum atomic E-state index is 12.9. The average Bonchev–Trinajstić information content (AvgIpc) is 3.25. The van der Waals surface area contributed by atoms with Crippen LogP contribution in [0.5, 0.6) is 0 Å². The van der Waals surface area contributed by atoms with Gasteiger partial charge in [-0.15, -0.1) is 10.2 Å². The Morgan fingerprint density at radius 2 is 2.11 bits per heavy atom. The van der Waals surface area contributed by atoms with E-state index < -0.39 is 15.1 Å². The molecule has 1 saturated heterocycles. The van der Waals surface area contributed by atoms with Crippen LogP contribution in [0.3, 0.4) is 0 Å². The minimum absolute atomic E-state index is 0.0306. The molecule has 0 spiro atoms. The van der Waals surface area contributed by atoms with Crippen molar-refractivity contribution in [2.45, 2.75) is 35.5 Å². The van der Waals surface area contributed by atoms with E-state index in [1.165, 1.54) is 40.1 Å². The molecule has 1 N–H and O–H groups in total. The van der Waals surface area contributed by atoms with Gasteiger partial charge < -0.3 is 10.2 Å². The lowest BCUT2D eigenvalue weighted by atomic mass is 10.2. The van der Waals surface area contributed by atoms with Crippen LogP contribution in [-0.4, -0.2) is 59.3 Å². The number of hydrogen-bond acceptors (Lipinski definition) is 8. The quantitative estimate of drug-likeness (QED) is 0.656. The number of halogens is 1. The lowest BCUT2D eigenvalue weighted by Gasteiger charge is -2.25. The lowest BCUT2D eigenvalue weighted by molar-refractivity contribution is -0.130. The number of amides is 1. The fraction of sp³-hybridized carbons (Fsp3) is 0.471. The molecule has 1 amide bonds. The minimum Gasteiger partial charge on any atom is -0.356 e. The molecule has 1 aromatic carbocycles. The number of nitrogens with one attached hydrogen (secondary N) is 1. The minimum atomic E-state index is -3.04. The molecule has 0 bridgehead atoms. The van der Waals surface area contributed by atoms with Crippen molar-refractivity contribution in [3.63, 3.8) is 0 Å². The Morgan fingerprint density at radius 3 is 2.75 bits per heavy atom. The first-order valence-corrected chi connectivity index (χ1v) is 12.2. The SMILES string of the molecule is C[C@H](Sc1nnc(NCc2ccc(F)cc2)s1)C(=O)N(C)[C@@H]1CCS(=O)(=O)C1. The molecule has 0 aliphatic carbocycles. The summed E-state index contributed by atoms with van der Waals surface area (Å²) in [6, 6.07) is 5.93. The summed E-state index contributed by atoms with van der Waals surface area (Å²) in [6.45, 7) is 2.27. The number of benzene rings is 1. The molecule has 0 saturated carbocycles. The van der Waals surface area contributed by atoms with Gasteiger partial charge in [-0.1, -0.05) is 35.2 Å². The van der Waals surface area contributed by atoms with Crippen LogP contribution in [0.2, 0.25) is 0 Å². The number of carbonyl (C=O) groups excluding carboxylic acids is 1. The highest BCUT2D eigenvalue weighted by Crippen LogP contribution is 2.30. The third-order valence-corrected chi connectivity index (χ3v) is 8.30. The Hall–Kier alpha value is -1.72. The molecular formula is C17H21FN4O3S3. The van der Waals surface area contributed by atoms with Gasteiger partial charge in [-0.25, -0.2) is 12.8 Å². The molecule has 1 aliphatic heterocycles. The Labute approximate surface area is 171 Å². The molecule has 11 heteroatoms. The van der Waals surface area contributed by atoms with Crippen LogP contribution in [0.25, 0.3) is 0 Å². The van der Waals surface area contributed by atoms with Crippen molar-refractivity contribution in [2.75, 3.05) is 23.9 Å². The van der Waals surface area contributed by atoms with Crippen molar-refractivity contribution in [2.24, 2.45) is 0 Å². The Balaban J connectivity index is 1.52. The Kier molecular flexibility index (Phi) is 6.56. The molecule has 2 atom stereocenters. The fourth-order valence-electron chi connectivity index (χ4n) is 2.86. The topological polar surface area (TPSA) is 92.3 Å². The molecule has 2 heterocycles. The van der Waals surface area contributed by atoms with Crippen molar-refractivity contribution < 1.29 is 17.6 Å². The summed E-state index contributed by atoms with van der Waals surface area (Å²) in [5, 5.41) is 11.5. The van der Waals surface area contributed by atoms with Crippen molar-refractivity contribution >= 4 is 44.0 Å². The molecule has 1 aliphatic rings. The highest BCUT2D eigenvalue weighted by molar-refractivity contribution is 8.02. The van der Waals surface area contributed by atoms with Crippen molar-refractivity contribution in [3.8, 4) is 0 Å². The lowest BCUT2D eigenvalue weighted by Crippen LogP contribution is -2.41. The summed E-state index contributed by atoms with van der Waals surface area (Å²) in [5.41, 5.74) is 0.919.